The van der Waals surface area contributed by atoms with Crippen molar-refractivity contribution in [3.63, 3.8) is 0 Å². The van der Waals surface area contributed by atoms with Crippen LogP contribution in [0.1, 0.15) is 25.0 Å². The molecule has 0 saturated carbocycles. The topological polar surface area (TPSA) is 6.48 Å². The molecule has 0 spiro atoms. The highest BCUT2D eigenvalue weighted by Crippen LogP contribution is 2.26. The summed E-state index contributed by atoms with van der Waals surface area (Å²) in [6, 6.07) is 6.79. The maximum Gasteiger partial charge on any atom is 0.0402 e. The zero-order valence-electron chi connectivity index (χ0n) is 11.4. The SMILES string of the molecule is CCc1cccc(N2CCN(C)CC2)c1CC. The molecule has 0 amide bonds. The van der Waals surface area contributed by atoms with Gasteiger partial charge in [-0.1, -0.05) is 26.0 Å². The lowest BCUT2D eigenvalue weighted by Crippen LogP contribution is -2.44. The highest BCUT2D eigenvalue weighted by Gasteiger charge is 2.17. The lowest BCUT2D eigenvalue weighted by Gasteiger charge is -2.35. The Bertz CT molecular complexity index is 365. The van der Waals surface area contributed by atoms with Gasteiger partial charge in [0.05, 0.1) is 0 Å². The van der Waals surface area contributed by atoms with Crippen molar-refractivity contribution in [2.24, 2.45) is 0 Å². The number of hydrogen-bond acceptors (Lipinski definition) is 2. The Labute approximate surface area is 105 Å². The second-order valence-electron chi connectivity index (χ2n) is 4.91. The number of aryl methyl sites for hydroxylation is 1. The fourth-order valence-electron chi connectivity index (χ4n) is 2.70. The van der Waals surface area contributed by atoms with E-state index in [1.165, 1.54) is 24.3 Å². The number of anilines is 1. The van der Waals surface area contributed by atoms with Gasteiger partial charge in [0.15, 0.2) is 0 Å². The molecule has 2 rings (SSSR count). The Morgan fingerprint density at radius 1 is 1.00 bits per heavy atom. The average Bonchev–Trinajstić information content (AvgIpc) is 2.38. The third-order valence-corrected chi connectivity index (χ3v) is 3.83. The van der Waals surface area contributed by atoms with E-state index in [1.807, 2.05) is 0 Å². The normalized spacial score (nSPS) is 17.5. The number of hydrogen-bond donors (Lipinski definition) is 0. The fourth-order valence-corrected chi connectivity index (χ4v) is 2.70. The van der Waals surface area contributed by atoms with Gasteiger partial charge in [0.1, 0.15) is 0 Å². The molecule has 0 radical (unpaired) electrons. The number of benzene rings is 1. The van der Waals surface area contributed by atoms with Gasteiger partial charge in [-0.25, -0.2) is 0 Å². The minimum absolute atomic E-state index is 1.14. The Morgan fingerprint density at radius 2 is 1.71 bits per heavy atom. The predicted molar refractivity (Wildman–Crippen MR) is 74.9 cm³/mol. The molecule has 1 aromatic carbocycles. The molecular formula is C15H24N2. The number of nitrogens with zero attached hydrogens (tertiary/aromatic N) is 2. The first-order valence-corrected chi connectivity index (χ1v) is 6.80. The predicted octanol–water partition coefficient (Wildman–Crippen LogP) is 2.56. The van der Waals surface area contributed by atoms with Crippen molar-refractivity contribution in [3.05, 3.63) is 29.3 Å². The fraction of sp³-hybridized carbons (Fsp3) is 0.600. The standard InChI is InChI=1S/C15H24N2/c1-4-13-7-6-8-15(14(13)5-2)17-11-9-16(3)10-12-17/h6-8H,4-5,9-12H2,1-3H3. The minimum Gasteiger partial charge on any atom is -0.369 e. The lowest BCUT2D eigenvalue weighted by molar-refractivity contribution is 0.312. The monoisotopic (exact) mass is 232 g/mol. The van der Waals surface area contributed by atoms with Crippen LogP contribution in [0.2, 0.25) is 0 Å². The van der Waals surface area contributed by atoms with Gasteiger partial charge in [-0.3, -0.25) is 0 Å². The van der Waals surface area contributed by atoms with Crippen LogP contribution < -0.4 is 4.90 Å². The van der Waals surface area contributed by atoms with E-state index in [4.69, 9.17) is 0 Å². The minimum atomic E-state index is 1.14. The molecule has 1 aromatic rings. The van der Waals surface area contributed by atoms with Gasteiger partial charge >= 0.3 is 0 Å². The molecule has 1 aliphatic heterocycles. The molecule has 0 N–H and O–H groups in total. The van der Waals surface area contributed by atoms with Crippen molar-refractivity contribution in [2.45, 2.75) is 26.7 Å². The summed E-state index contributed by atoms with van der Waals surface area (Å²) in [7, 11) is 2.21. The molecule has 2 heteroatoms. The molecule has 0 atom stereocenters. The maximum atomic E-state index is 2.55. The Hall–Kier alpha value is -1.02. The summed E-state index contributed by atoms with van der Waals surface area (Å²) in [5.74, 6) is 0. The zero-order valence-corrected chi connectivity index (χ0v) is 11.4. The van der Waals surface area contributed by atoms with Gasteiger partial charge in [-0.15, -0.1) is 0 Å². The van der Waals surface area contributed by atoms with E-state index in [0.717, 1.165) is 25.9 Å². The molecular weight excluding hydrogens is 208 g/mol. The summed E-state index contributed by atoms with van der Waals surface area (Å²) >= 11 is 0. The summed E-state index contributed by atoms with van der Waals surface area (Å²) in [5.41, 5.74) is 4.54. The van der Waals surface area contributed by atoms with Crippen LogP contribution >= 0.6 is 0 Å². The zero-order chi connectivity index (χ0) is 12.3. The molecule has 0 unspecified atom stereocenters. The summed E-state index contributed by atoms with van der Waals surface area (Å²) in [6.07, 6.45) is 2.29. The van der Waals surface area contributed by atoms with Crippen LogP contribution in [-0.4, -0.2) is 38.1 Å². The van der Waals surface area contributed by atoms with Crippen molar-refractivity contribution in [1.82, 2.24) is 4.90 Å². The van der Waals surface area contributed by atoms with Crippen LogP contribution in [0.25, 0.3) is 0 Å². The van der Waals surface area contributed by atoms with E-state index in [0.29, 0.717) is 0 Å². The van der Waals surface area contributed by atoms with Crippen LogP contribution in [0.4, 0.5) is 5.69 Å². The third kappa shape index (κ3) is 2.63. The van der Waals surface area contributed by atoms with Crippen molar-refractivity contribution >= 4 is 5.69 Å². The quantitative estimate of drug-likeness (QED) is 0.790. The Morgan fingerprint density at radius 3 is 2.29 bits per heavy atom. The molecule has 1 saturated heterocycles. The molecule has 17 heavy (non-hydrogen) atoms. The number of likely N-dealkylation sites (N-methyl/N-ethyl adjacent to an activating group) is 1. The third-order valence-electron chi connectivity index (χ3n) is 3.83. The molecule has 1 fully saturated rings. The molecule has 1 heterocycles. The van der Waals surface area contributed by atoms with Crippen molar-refractivity contribution in [3.8, 4) is 0 Å². The molecule has 1 aliphatic rings. The van der Waals surface area contributed by atoms with E-state index in [9.17, 15) is 0 Å². The molecule has 94 valence electrons. The Balaban J connectivity index is 2.25. The van der Waals surface area contributed by atoms with Crippen molar-refractivity contribution in [2.75, 3.05) is 38.1 Å². The first-order chi connectivity index (χ1) is 8.26. The highest BCUT2D eigenvalue weighted by molar-refractivity contribution is 5.57. The number of rotatable bonds is 3. The van der Waals surface area contributed by atoms with Crippen LogP contribution in [0, 0.1) is 0 Å². The van der Waals surface area contributed by atoms with E-state index >= 15 is 0 Å². The van der Waals surface area contributed by atoms with Gasteiger partial charge in [-0.2, -0.15) is 0 Å². The molecule has 0 aliphatic carbocycles. The van der Waals surface area contributed by atoms with Gasteiger partial charge in [-0.05, 0) is 37.1 Å². The van der Waals surface area contributed by atoms with Crippen LogP contribution in [0.5, 0.6) is 0 Å². The summed E-state index contributed by atoms with van der Waals surface area (Å²) < 4.78 is 0. The van der Waals surface area contributed by atoms with Gasteiger partial charge < -0.3 is 9.80 Å². The Kier molecular flexibility index (Phi) is 4.06. The van der Waals surface area contributed by atoms with Crippen LogP contribution in [0.15, 0.2) is 18.2 Å². The summed E-state index contributed by atoms with van der Waals surface area (Å²) in [6.45, 7) is 9.21. The number of piperazine rings is 1. The smallest absolute Gasteiger partial charge is 0.0402 e. The molecule has 2 nitrogen and oxygen atoms in total. The van der Waals surface area contributed by atoms with E-state index in [-0.39, 0.29) is 0 Å². The van der Waals surface area contributed by atoms with Gasteiger partial charge in [0.25, 0.3) is 0 Å². The van der Waals surface area contributed by atoms with Gasteiger partial charge in [0.2, 0.25) is 0 Å². The van der Waals surface area contributed by atoms with E-state index in [2.05, 4.69) is 48.9 Å². The average molecular weight is 232 g/mol. The highest BCUT2D eigenvalue weighted by atomic mass is 15.2. The summed E-state index contributed by atoms with van der Waals surface area (Å²) in [5, 5.41) is 0. The second-order valence-corrected chi connectivity index (χ2v) is 4.91. The summed E-state index contributed by atoms with van der Waals surface area (Å²) in [4.78, 5) is 4.96. The van der Waals surface area contributed by atoms with Crippen molar-refractivity contribution in [1.29, 1.82) is 0 Å². The molecule has 0 bridgehead atoms. The second kappa shape index (κ2) is 5.54. The van der Waals surface area contributed by atoms with E-state index in [1.54, 1.807) is 5.56 Å². The first kappa shape index (κ1) is 12.4. The first-order valence-electron chi connectivity index (χ1n) is 6.80. The van der Waals surface area contributed by atoms with Gasteiger partial charge in [0, 0.05) is 31.9 Å². The lowest BCUT2D eigenvalue weighted by atomic mass is 10.00. The maximum absolute atomic E-state index is 2.55. The van der Waals surface area contributed by atoms with E-state index < -0.39 is 0 Å². The van der Waals surface area contributed by atoms with Crippen molar-refractivity contribution < 1.29 is 0 Å². The van der Waals surface area contributed by atoms with Crippen LogP contribution in [0.3, 0.4) is 0 Å². The molecule has 0 aromatic heterocycles. The van der Waals surface area contributed by atoms with Crippen LogP contribution in [-0.2, 0) is 12.8 Å². The largest absolute Gasteiger partial charge is 0.369 e.